The molecular weight excluding hydrogens is 244 g/mol. The van der Waals surface area contributed by atoms with Crippen molar-refractivity contribution in [2.75, 3.05) is 18.1 Å². The quantitative estimate of drug-likeness (QED) is 0.763. The van der Waals surface area contributed by atoms with Gasteiger partial charge in [0.15, 0.2) is 0 Å². The molecule has 1 N–H and O–H groups in total. The topological polar surface area (TPSA) is 29.5 Å². The number of aliphatic hydroxyl groups is 1. The summed E-state index contributed by atoms with van der Waals surface area (Å²) in [4.78, 5) is 0. The van der Waals surface area contributed by atoms with E-state index in [1.54, 1.807) is 12.1 Å². The summed E-state index contributed by atoms with van der Waals surface area (Å²) >= 11 is 7.91. The molecule has 0 aromatic heterocycles. The molecule has 0 saturated heterocycles. The first-order chi connectivity index (χ1) is 7.77. The van der Waals surface area contributed by atoms with Crippen molar-refractivity contribution in [3.8, 4) is 5.75 Å². The smallest absolute Gasteiger partial charge is 0.137 e. The van der Waals surface area contributed by atoms with Gasteiger partial charge in [0.1, 0.15) is 5.75 Å². The maximum Gasteiger partial charge on any atom is 0.137 e. The van der Waals surface area contributed by atoms with Gasteiger partial charge in [0, 0.05) is 0 Å². The minimum atomic E-state index is 0.00708. The maximum absolute atomic E-state index is 8.92. The maximum atomic E-state index is 8.92. The van der Waals surface area contributed by atoms with Gasteiger partial charge in [0.05, 0.1) is 18.2 Å². The number of hydrogen-bond acceptors (Lipinski definition) is 3. The molecule has 0 atom stereocenters. The number of hydrogen-bond donors (Lipinski definition) is 1. The Kier molecular flexibility index (Phi) is 6.69. The van der Waals surface area contributed by atoms with Crippen molar-refractivity contribution < 1.29 is 9.84 Å². The average Bonchev–Trinajstić information content (AvgIpc) is 2.30. The molecule has 0 bridgehead atoms. The van der Waals surface area contributed by atoms with Gasteiger partial charge in [-0.2, -0.15) is 11.8 Å². The first-order valence-corrected chi connectivity index (χ1v) is 6.91. The first-order valence-electron chi connectivity index (χ1n) is 5.37. The highest BCUT2D eigenvalue weighted by Gasteiger charge is 2.02. The van der Waals surface area contributed by atoms with Crippen LogP contribution in [0.3, 0.4) is 0 Å². The lowest BCUT2D eigenvalue weighted by Crippen LogP contribution is -1.99. The Morgan fingerprint density at radius 3 is 2.88 bits per heavy atom. The normalized spacial score (nSPS) is 10.4. The summed E-state index contributed by atoms with van der Waals surface area (Å²) in [6.07, 6.45) is 1.02. The van der Waals surface area contributed by atoms with Crippen molar-refractivity contribution in [2.24, 2.45) is 0 Å². The van der Waals surface area contributed by atoms with Crippen molar-refractivity contribution in [2.45, 2.75) is 20.0 Å². The van der Waals surface area contributed by atoms with Crippen molar-refractivity contribution >= 4 is 23.4 Å². The van der Waals surface area contributed by atoms with Gasteiger partial charge in [0.2, 0.25) is 0 Å². The molecule has 4 heteroatoms. The zero-order valence-electron chi connectivity index (χ0n) is 9.41. The summed E-state index contributed by atoms with van der Waals surface area (Å²) in [5.74, 6) is 2.95. The third-order valence-corrected chi connectivity index (χ3v) is 3.35. The van der Waals surface area contributed by atoms with Crippen LogP contribution in [0.15, 0.2) is 18.2 Å². The first kappa shape index (κ1) is 13.7. The van der Waals surface area contributed by atoms with Crippen molar-refractivity contribution in [1.29, 1.82) is 0 Å². The van der Waals surface area contributed by atoms with Crippen LogP contribution in [0.5, 0.6) is 5.75 Å². The fraction of sp³-hybridized carbons (Fsp3) is 0.500. The van der Waals surface area contributed by atoms with Gasteiger partial charge in [-0.15, -0.1) is 0 Å². The van der Waals surface area contributed by atoms with Gasteiger partial charge < -0.3 is 9.84 Å². The lowest BCUT2D eigenvalue weighted by molar-refractivity contribution is 0.281. The number of rotatable bonds is 7. The van der Waals surface area contributed by atoms with Gasteiger partial charge in [-0.3, -0.25) is 0 Å². The standard InChI is InChI=1S/C12H17ClO2S/c1-2-16-7-3-6-15-12-5-4-10(9-14)8-11(12)13/h4-5,8,14H,2-3,6-7,9H2,1H3. The van der Waals surface area contributed by atoms with Gasteiger partial charge in [-0.1, -0.05) is 24.6 Å². The Bertz CT molecular complexity index is 318. The van der Waals surface area contributed by atoms with E-state index in [2.05, 4.69) is 6.92 Å². The molecule has 0 spiro atoms. The van der Waals surface area contributed by atoms with Gasteiger partial charge in [-0.25, -0.2) is 0 Å². The summed E-state index contributed by atoms with van der Waals surface area (Å²) in [6.45, 7) is 2.84. The van der Waals surface area contributed by atoms with Crippen LogP contribution in [0.2, 0.25) is 5.02 Å². The van der Waals surface area contributed by atoms with Crippen molar-refractivity contribution in [3.63, 3.8) is 0 Å². The van der Waals surface area contributed by atoms with Crippen LogP contribution in [-0.4, -0.2) is 23.2 Å². The summed E-state index contributed by atoms with van der Waals surface area (Å²) in [5.41, 5.74) is 0.805. The van der Waals surface area contributed by atoms with E-state index in [0.29, 0.717) is 17.4 Å². The zero-order valence-corrected chi connectivity index (χ0v) is 11.0. The highest BCUT2D eigenvalue weighted by Crippen LogP contribution is 2.25. The van der Waals surface area contributed by atoms with E-state index >= 15 is 0 Å². The number of thioether (sulfide) groups is 1. The summed E-state index contributed by atoms with van der Waals surface area (Å²) in [7, 11) is 0. The Morgan fingerprint density at radius 2 is 2.25 bits per heavy atom. The van der Waals surface area contributed by atoms with E-state index in [-0.39, 0.29) is 6.61 Å². The van der Waals surface area contributed by atoms with Crippen LogP contribution >= 0.6 is 23.4 Å². The number of benzene rings is 1. The molecular formula is C12H17ClO2S. The Labute approximate surface area is 106 Å². The summed E-state index contributed by atoms with van der Waals surface area (Å²) < 4.78 is 5.56. The second kappa shape index (κ2) is 7.82. The predicted molar refractivity (Wildman–Crippen MR) is 70.5 cm³/mol. The highest BCUT2D eigenvalue weighted by molar-refractivity contribution is 7.99. The van der Waals surface area contributed by atoms with E-state index in [1.165, 1.54) is 0 Å². The number of aliphatic hydroxyl groups excluding tert-OH is 1. The fourth-order valence-corrected chi connectivity index (χ4v) is 2.12. The Hall–Kier alpha value is -0.380. The number of ether oxygens (including phenoxy) is 1. The molecule has 0 radical (unpaired) electrons. The molecule has 0 aliphatic heterocycles. The van der Waals surface area contributed by atoms with E-state index in [9.17, 15) is 0 Å². The van der Waals surface area contributed by atoms with Gasteiger partial charge >= 0.3 is 0 Å². The molecule has 1 rings (SSSR count). The van der Waals surface area contributed by atoms with Crippen LogP contribution in [-0.2, 0) is 6.61 Å². The van der Waals surface area contributed by atoms with Gasteiger partial charge in [0.25, 0.3) is 0 Å². The summed E-state index contributed by atoms with van der Waals surface area (Å²) in [6, 6.07) is 5.36. The summed E-state index contributed by atoms with van der Waals surface area (Å²) in [5, 5.41) is 9.49. The Morgan fingerprint density at radius 1 is 1.44 bits per heavy atom. The lowest BCUT2D eigenvalue weighted by atomic mass is 10.2. The monoisotopic (exact) mass is 260 g/mol. The largest absolute Gasteiger partial charge is 0.492 e. The van der Waals surface area contributed by atoms with E-state index in [0.717, 1.165) is 23.5 Å². The molecule has 0 heterocycles. The molecule has 90 valence electrons. The van der Waals surface area contributed by atoms with E-state index in [4.69, 9.17) is 21.4 Å². The predicted octanol–water partition coefficient (Wildman–Crippen LogP) is 3.35. The third kappa shape index (κ3) is 4.64. The highest BCUT2D eigenvalue weighted by atomic mass is 35.5. The molecule has 16 heavy (non-hydrogen) atoms. The molecule has 0 aliphatic rings. The lowest BCUT2D eigenvalue weighted by Gasteiger charge is -2.08. The van der Waals surface area contributed by atoms with E-state index < -0.39 is 0 Å². The molecule has 0 unspecified atom stereocenters. The SMILES string of the molecule is CCSCCCOc1ccc(CO)cc1Cl. The van der Waals surface area contributed by atoms with Crippen LogP contribution in [0.1, 0.15) is 18.9 Å². The molecule has 0 amide bonds. The molecule has 2 nitrogen and oxygen atoms in total. The van der Waals surface area contributed by atoms with E-state index in [1.807, 2.05) is 17.8 Å². The second-order valence-electron chi connectivity index (χ2n) is 3.32. The van der Waals surface area contributed by atoms with Crippen LogP contribution in [0.25, 0.3) is 0 Å². The average molecular weight is 261 g/mol. The molecule has 1 aromatic rings. The molecule has 0 fully saturated rings. The van der Waals surface area contributed by atoms with Gasteiger partial charge in [-0.05, 0) is 35.6 Å². The zero-order chi connectivity index (χ0) is 11.8. The fourth-order valence-electron chi connectivity index (χ4n) is 1.25. The van der Waals surface area contributed by atoms with Crippen LogP contribution in [0.4, 0.5) is 0 Å². The van der Waals surface area contributed by atoms with Crippen molar-refractivity contribution in [3.05, 3.63) is 28.8 Å². The van der Waals surface area contributed by atoms with Crippen molar-refractivity contribution in [1.82, 2.24) is 0 Å². The molecule has 0 aliphatic carbocycles. The minimum absolute atomic E-state index is 0.00708. The van der Waals surface area contributed by atoms with Crippen LogP contribution < -0.4 is 4.74 Å². The third-order valence-electron chi connectivity index (χ3n) is 2.07. The molecule has 1 aromatic carbocycles. The molecule has 0 saturated carbocycles. The van der Waals surface area contributed by atoms with Crippen LogP contribution in [0, 0.1) is 0 Å². The second-order valence-corrected chi connectivity index (χ2v) is 5.12. The minimum Gasteiger partial charge on any atom is -0.492 e. The number of halogens is 1. The Balaban J connectivity index is 2.36.